The second-order valence-corrected chi connectivity index (χ2v) is 7.88. The molecule has 1 atom stereocenters. The van der Waals surface area contributed by atoms with Gasteiger partial charge in [0.1, 0.15) is 5.75 Å². The van der Waals surface area contributed by atoms with Crippen molar-refractivity contribution in [3.05, 3.63) is 64.0 Å². The van der Waals surface area contributed by atoms with Gasteiger partial charge in [0.05, 0.1) is 28.9 Å². The van der Waals surface area contributed by atoms with Crippen molar-refractivity contribution in [1.29, 1.82) is 0 Å². The van der Waals surface area contributed by atoms with Gasteiger partial charge in [-0.15, -0.1) is 11.3 Å². The van der Waals surface area contributed by atoms with Gasteiger partial charge in [0.15, 0.2) is 5.13 Å². The smallest absolute Gasteiger partial charge is 0.258 e. The highest BCUT2D eigenvalue weighted by molar-refractivity contribution is 7.14. The van der Waals surface area contributed by atoms with Crippen LogP contribution in [0.15, 0.2) is 47.8 Å². The summed E-state index contributed by atoms with van der Waals surface area (Å²) in [5.74, 6) is 0.383. The van der Waals surface area contributed by atoms with Crippen LogP contribution in [0.1, 0.15) is 35.3 Å². The Hall–Kier alpha value is -2.90. The lowest BCUT2D eigenvalue weighted by atomic mass is 9.97. The third kappa shape index (κ3) is 4.26. The third-order valence-electron chi connectivity index (χ3n) is 4.57. The van der Waals surface area contributed by atoms with Gasteiger partial charge in [0.25, 0.3) is 5.91 Å². The minimum Gasteiger partial charge on any atom is -0.493 e. The number of nitrogens with zero attached hydrogens (tertiary/aromatic N) is 1. The van der Waals surface area contributed by atoms with E-state index in [0.717, 1.165) is 22.6 Å². The number of hydrogen-bond acceptors (Lipinski definition) is 5. The molecule has 29 heavy (non-hydrogen) atoms. The fraction of sp³-hybridized carbons (Fsp3) is 0.190. The molecule has 0 saturated carbocycles. The van der Waals surface area contributed by atoms with Crippen LogP contribution in [0.4, 0.5) is 5.13 Å². The summed E-state index contributed by atoms with van der Waals surface area (Å²) in [5.41, 5.74) is 2.95. The molecule has 2 aromatic carbocycles. The van der Waals surface area contributed by atoms with E-state index in [1.165, 1.54) is 18.3 Å². The Morgan fingerprint density at radius 1 is 1.24 bits per heavy atom. The molecule has 2 N–H and O–H groups in total. The summed E-state index contributed by atoms with van der Waals surface area (Å²) in [6, 6.07) is 12.6. The molecule has 1 unspecified atom stereocenters. The summed E-state index contributed by atoms with van der Waals surface area (Å²) in [6.45, 7) is 2.07. The Labute approximate surface area is 176 Å². The van der Waals surface area contributed by atoms with E-state index in [0.29, 0.717) is 28.7 Å². The Kier molecular flexibility index (Phi) is 5.51. The maximum Gasteiger partial charge on any atom is 0.258 e. The number of halogens is 1. The van der Waals surface area contributed by atoms with E-state index < -0.39 is 0 Å². The fourth-order valence-corrected chi connectivity index (χ4v) is 4.16. The molecule has 1 aliphatic heterocycles. The number of anilines is 1. The van der Waals surface area contributed by atoms with Crippen molar-refractivity contribution in [3.63, 3.8) is 0 Å². The van der Waals surface area contributed by atoms with Crippen LogP contribution in [0.25, 0.3) is 11.3 Å². The van der Waals surface area contributed by atoms with Gasteiger partial charge in [-0.3, -0.25) is 14.9 Å². The Balaban J connectivity index is 1.56. The number of benzene rings is 2. The highest BCUT2D eigenvalue weighted by Crippen LogP contribution is 2.36. The lowest BCUT2D eigenvalue weighted by molar-refractivity contribution is -0.119. The number of ether oxygens (including phenoxy) is 1. The molecule has 8 heteroatoms. The minimum atomic E-state index is -0.305. The quantitative estimate of drug-likeness (QED) is 0.633. The molecule has 2 amide bonds. The van der Waals surface area contributed by atoms with Crippen LogP contribution in [-0.4, -0.2) is 23.4 Å². The van der Waals surface area contributed by atoms with E-state index in [-0.39, 0.29) is 17.9 Å². The first kappa shape index (κ1) is 19.4. The average Bonchev–Trinajstić information content (AvgIpc) is 3.16. The first-order chi connectivity index (χ1) is 14.0. The summed E-state index contributed by atoms with van der Waals surface area (Å²) < 4.78 is 5.71. The molecule has 148 valence electrons. The monoisotopic (exact) mass is 427 g/mol. The van der Waals surface area contributed by atoms with Crippen molar-refractivity contribution >= 4 is 39.9 Å². The minimum absolute atomic E-state index is 0.0773. The molecular weight excluding hydrogens is 410 g/mol. The number of amides is 2. The molecule has 0 saturated heterocycles. The molecule has 2 heterocycles. The molecule has 6 nitrogen and oxygen atoms in total. The van der Waals surface area contributed by atoms with Crippen LogP contribution >= 0.6 is 22.9 Å². The first-order valence-electron chi connectivity index (χ1n) is 9.07. The van der Waals surface area contributed by atoms with Crippen LogP contribution in [0.5, 0.6) is 5.75 Å². The number of thiazole rings is 1. The van der Waals surface area contributed by atoms with E-state index in [1.54, 1.807) is 24.3 Å². The zero-order valence-electron chi connectivity index (χ0n) is 15.6. The van der Waals surface area contributed by atoms with Gasteiger partial charge >= 0.3 is 0 Å². The normalized spacial score (nSPS) is 15.2. The van der Waals surface area contributed by atoms with E-state index in [2.05, 4.69) is 15.6 Å². The number of carbonyl (C=O) groups excluding carboxylic acids is 2. The Bertz CT molecular complexity index is 1080. The number of nitrogens with one attached hydrogen (secondary N) is 2. The number of carbonyl (C=O) groups is 2. The van der Waals surface area contributed by atoms with E-state index in [1.807, 2.05) is 23.6 Å². The van der Waals surface area contributed by atoms with Gasteiger partial charge in [-0.2, -0.15) is 0 Å². The molecule has 0 radical (unpaired) electrons. The van der Waals surface area contributed by atoms with Crippen molar-refractivity contribution in [2.75, 3.05) is 11.9 Å². The third-order valence-corrected chi connectivity index (χ3v) is 5.65. The van der Waals surface area contributed by atoms with Gasteiger partial charge in [0, 0.05) is 29.9 Å². The van der Waals surface area contributed by atoms with E-state index in [9.17, 15) is 9.59 Å². The predicted molar refractivity (Wildman–Crippen MR) is 114 cm³/mol. The summed E-state index contributed by atoms with van der Waals surface area (Å²) in [4.78, 5) is 28.5. The van der Waals surface area contributed by atoms with Crippen LogP contribution in [0.3, 0.4) is 0 Å². The van der Waals surface area contributed by atoms with Crippen molar-refractivity contribution in [1.82, 2.24) is 10.3 Å². The van der Waals surface area contributed by atoms with Crippen LogP contribution in [0, 0.1) is 0 Å². The lowest BCUT2D eigenvalue weighted by Crippen LogP contribution is -2.30. The average molecular weight is 428 g/mol. The molecule has 1 aliphatic rings. The Morgan fingerprint density at radius 3 is 2.86 bits per heavy atom. The molecule has 0 aliphatic carbocycles. The van der Waals surface area contributed by atoms with Gasteiger partial charge < -0.3 is 10.1 Å². The summed E-state index contributed by atoms with van der Waals surface area (Å²) >= 11 is 7.42. The first-order valence-corrected chi connectivity index (χ1v) is 10.3. The fourth-order valence-electron chi connectivity index (χ4n) is 3.22. The van der Waals surface area contributed by atoms with Crippen LogP contribution in [0.2, 0.25) is 5.02 Å². The summed E-state index contributed by atoms with van der Waals surface area (Å²) in [6.07, 6.45) is 0.715. The predicted octanol–water partition coefficient (Wildman–Crippen LogP) is 4.68. The Morgan fingerprint density at radius 2 is 2.07 bits per heavy atom. The van der Waals surface area contributed by atoms with Gasteiger partial charge in [-0.25, -0.2) is 4.98 Å². The molecule has 4 rings (SSSR count). The van der Waals surface area contributed by atoms with Crippen LogP contribution in [-0.2, 0) is 4.79 Å². The number of rotatable bonds is 4. The summed E-state index contributed by atoms with van der Waals surface area (Å²) in [5, 5.41) is 8.50. The highest BCUT2D eigenvalue weighted by atomic mass is 35.5. The number of fused-ring (bicyclic) bond motifs is 1. The number of aromatic nitrogens is 1. The van der Waals surface area contributed by atoms with Gasteiger partial charge in [-0.05, 0) is 30.3 Å². The van der Waals surface area contributed by atoms with Gasteiger partial charge in [0.2, 0.25) is 5.91 Å². The second kappa shape index (κ2) is 8.23. The van der Waals surface area contributed by atoms with Crippen molar-refractivity contribution in [2.24, 2.45) is 0 Å². The molecule has 0 spiro atoms. The van der Waals surface area contributed by atoms with Crippen LogP contribution < -0.4 is 15.4 Å². The topological polar surface area (TPSA) is 80.3 Å². The molecule has 0 fully saturated rings. The lowest BCUT2D eigenvalue weighted by Gasteiger charge is -2.26. The molecule has 1 aromatic heterocycles. The second-order valence-electron chi connectivity index (χ2n) is 6.61. The maximum absolute atomic E-state index is 12.4. The van der Waals surface area contributed by atoms with Crippen molar-refractivity contribution < 1.29 is 14.3 Å². The molecule has 0 bridgehead atoms. The maximum atomic E-state index is 12.4. The standard InChI is InChI=1S/C21H18ClN3O3S/c1-12(26)23-17-8-9-28-19-7-6-13(10-15(17)19)18-11-29-21(24-18)25-20(27)14-4-2-3-5-16(14)22/h2-7,10-11,17H,8-9H2,1H3,(H,23,26)(H,24,25,27). The molecular formula is C21H18ClN3O3S. The SMILES string of the molecule is CC(=O)NC1CCOc2ccc(-c3csc(NC(=O)c4ccccc4Cl)n3)cc21. The van der Waals surface area contributed by atoms with Gasteiger partial charge in [-0.1, -0.05) is 23.7 Å². The summed E-state index contributed by atoms with van der Waals surface area (Å²) in [7, 11) is 0. The molecule has 3 aromatic rings. The van der Waals surface area contributed by atoms with E-state index in [4.69, 9.17) is 16.3 Å². The zero-order valence-corrected chi connectivity index (χ0v) is 17.1. The number of hydrogen-bond donors (Lipinski definition) is 2. The highest BCUT2D eigenvalue weighted by Gasteiger charge is 2.23. The van der Waals surface area contributed by atoms with Crippen molar-refractivity contribution in [3.8, 4) is 17.0 Å². The largest absolute Gasteiger partial charge is 0.493 e. The van der Waals surface area contributed by atoms with E-state index >= 15 is 0 Å². The van der Waals surface area contributed by atoms with Crippen molar-refractivity contribution in [2.45, 2.75) is 19.4 Å². The zero-order chi connectivity index (χ0) is 20.4.